The molecule has 284 valence electrons. The van der Waals surface area contributed by atoms with Gasteiger partial charge in [0.15, 0.2) is 6.29 Å². The SMILES string of the molecule is CC(C)(C)NC(=O)C1CCC2CCCCC2N1CC1CC(c2ccc(CO)cc2)OC(c2ccc(-c3ccccc3CNC(=O)c3cccnc3)cc2)O1. The molecule has 6 unspecified atom stereocenters. The highest BCUT2D eigenvalue weighted by Crippen LogP contribution is 2.42. The van der Waals surface area contributed by atoms with Gasteiger partial charge in [-0.1, -0.05) is 85.6 Å². The van der Waals surface area contributed by atoms with Crippen LogP contribution in [-0.4, -0.2) is 57.1 Å². The lowest BCUT2D eigenvalue weighted by atomic mass is 9.75. The molecule has 9 nitrogen and oxygen atoms in total. The Morgan fingerprint density at radius 2 is 1.63 bits per heavy atom. The number of rotatable bonds is 10. The number of nitrogens with one attached hydrogen (secondary N) is 2. The molecule has 7 rings (SSSR count). The van der Waals surface area contributed by atoms with E-state index in [0.29, 0.717) is 37.0 Å². The number of carbonyl (C=O) groups excluding carboxylic acids is 2. The summed E-state index contributed by atoms with van der Waals surface area (Å²) < 4.78 is 13.6. The fraction of sp³-hybridized carbons (Fsp3) is 0.444. The van der Waals surface area contributed by atoms with Crippen molar-refractivity contribution in [3.05, 3.63) is 125 Å². The van der Waals surface area contributed by atoms with Crippen LogP contribution in [0.2, 0.25) is 0 Å². The van der Waals surface area contributed by atoms with Crippen molar-refractivity contribution in [3.8, 4) is 11.1 Å². The number of hydrogen-bond acceptors (Lipinski definition) is 7. The summed E-state index contributed by atoms with van der Waals surface area (Å²) in [6.45, 7) is 7.17. The van der Waals surface area contributed by atoms with E-state index >= 15 is 0 Å². The van der Waals surface area contributed by atoms with Gasteiger partial charge >= 0.3 is 0 Å². The Labute approximate surface area is 319 Å². The number of piperidine rings is 1. The van der Waals surface area contributed by atoms with E-state index < -0.39 is 6.29 Å². The maximum Gasteiger partial charge on any atom is 0.253 e. The highest BCUT2D eigenvalue weighted by molar-refractivity contribution is 5.93. The number of likely N-dealkylation sites (tertiary alicyclic amines) is 1. The summed E-state index contributed by atoms with van der Waals surface area (Å²) in [6, 6.07) is 28.1. The van der Waals surface area contributed by atoms with E-state index in [2.05, 4.69) is 50.8 Å². The van der Waals surface area contributed by atoms with Crippen LogP contribution in [0.25, 0.3) is 11.1 Å². The van der Waals surface area contributed by atoms with E-state index in [-0.39, 0.29) is 42.2 Å². The van der Waals surface area contributed by atoms with Gasteiger partial charge in [0, 0.05) is 49.0 Å². The predicted molar refractivity (Wildman–Crippen MR) is 209 cm³/mol. The minimum Gasteiger partial charge on any atom is -0.392 e. The average Bonchev–Trinajstić information content (AvgIpc) is 3.20. The van der Waals surface area contributed by atoms with Gasteiger partial charge in [-0.25, -0.2) is 0 Å². The Morgan fingerprint density at radius 1 is 0.870 bits per heavy atom. The number of ether oxygens (including phenoxy) is 2. The molecule has 6 atom stereocenters. The highest BCUT2D eigenvalue weighted by atomic mass is 16.7. The van der Waals surface area contributed by atoms with Crippen molar-refractivity contribution in [2.45, 2.75) is 115 Å². The number of nitrogens with zero attached hydrogens (tertiary/aromatic N) is 2. The summed E-state index contributed by atoms with van der Waals surface area (Å²) in [5, 5.41) is 16.0. The third-order valence-electron chi connectivity index (χ3n) is 11.2. The minimum atomic E-state index is -0.608. The molecular weight excluding hydrogens is 677 g/mol. The molecular formula is C45H54N4O5. The van der Waals surface area contributed by atoms with Crippen LogP contribution in [0.1, 0.15) is 111 Å². The number of carbonyl (C=O) groups is 2. The van der Waals surface area contributed by atoms with E-state index in [9.17, 15) is 14.7 Å². The molecule has 1 aliphatic carbocycles. The third-order valence-corrected chi connectivity index (χ3v) is 11.2. The van der Waals surface area contributed by atoms with Gasteiger partial charge in [0.05, 0.1) is 30.4 Å². The topological polar surface area (TPSA) is 113 Å². The van der Waals surface area contributed by atoms with Crippen molar-refractivity contribution in [2.75, 3.05) is 6.54 Å². The lowest BCUT2D eigenvalue weighted by molar-refractivity contribution is -0.255. The summed E-state index contributed by atoms with van der Waals surface area (Å²) in [6.07, 6.45) is 9.61. The van der Waals surface area contributed by atoms with Gasteiger partial charge in [0.1, 0.15) is 0 Å². The monoisotopic (exact) mass is 730 g/mol. The van der Waals surface area contributed by atoms with Gasteiger partial charge in [-0.05, 0) is 92.3 Å². The number of pyridine rings is 1. The molecule has 0 radical (unpaired) electrons. The number of aliphatic hydroxyl groups excluding tert-OH is 1. The van der Waals surface area contributed by atoms with Gasteiger partial charge in [-0.2, -0.15) is 0 Å². The lowest BCUT2D eigenvalue weighted by Gasteiger charge is -2.50. The molecule has 2 aliphatic heterocycles. The number of aromatic nitrogens is 1. The molecule has 3 N–H and O–H groups in total. The summed E-state index contributed by atoms with van der Waals surface area (Å²) in [5.74, 6) is 0.549. The standard InChI is InChI=1S/C45H54N4O5/c1-45(2,3)48-43(52)40-23-22-32-9-5-7-13-39(32)49(40)28-37-25-41(33-16-14-30(29-50)15-17-33)54-44(53-37)34-20-18-31(19-21-34)38-12-6-4-10-35(38)27-47-42(51)36-11-8-24-46-26-36/h4,6,8,10-12,14-21,24,26,32,37,39-41,44,50H,5,7,9,13,22-23,25,27-29H2,1-3H3,(H,47,51)(H,48,52). The van der Waals surface area contributed by atoms with Gasteiger partial charge in [0.25, 0.3) is 5.91 Å². The van der Waals surface area contributed by atoms with E-state index in [1.807, 2.05) is 63.2 Å². The first kappa shape index (κ1) is 37.9. The minimum absolute atomic E-state index is 0.0119. The van der Waals surface area contributed by atoms with Crippen LogP contribution in [-0.2, 0) is 27.4 Å². The average molecular weight is 731 g/mol. The summed E-state index contributed by atoms with van der Waals surface area (Å²) in [4.78, 5) is 33.1. The lowest BCUT2D eigenvalue weighted by Crippen LogP contribution is -2.61. The molecule has 3 aliphatic rings. The summed E-state index contributed by atoms with van der Waals surface area (Å²) >= 11 is 0. The predicted octanol–water partition coefficient (Wildman–Crippen LogP) is 7.65. The second-order valence-corrected chi connectivity index (χ2v) is 16.2. The van der Waals surface area contributed by atoms with Crippen LogP contribution in [0.15, 0.2) is 97.3 Å². The largest absolute Gasteiger partial charge is 0.392 e. The van der Waals surface area contributed by atoms with Gasteiger partial charge in [0.2, 0.25) is 5.91 Å². The van der Waals surface area contributed by atoms with Crippen molar-refractivity contribution in [1.82, 2.24) is 20.5 Å². The molecule has 54 heavy (non-hydrogen) atoms. The third kappa shape index (κ3) is 9.09. The van der Waals surface area contributed by atoms with Crippen molar-refractivity contribution in [1.29, 1.82) is 0 Å². The smallest absolute Gasteiger partial charge is 0.253 e. The second kappa shape index (κ2) is 16.9. The molecule has 3 fully saturated rings. The second-order valence-electron chi connectivity index (χ2n) is 16.2. The van der Waals surface area contributed by atoms with Crippen LogP contribution < -0.4 is 10.6 Å². The van der Waals surface area contributed by atoms with Crippen molar-refractivity contribution in [2.24, 2.45) is 5.92 Å². The van der Waals surface area contributed by atoms with Crippen LogP contribution in [0, 0.1) is 5.92 Å². The molecule has 1 saturated carbocycles. The van der Waals surface area contributed by atoms with Gasteiger partial charge in [-0.3, -0.25) is 19.5 Å². The first-order chi connectivity index (χ1) is 26.1. The molecule has 4 aromatic rings. The van der Waals surface area contributed by atoms with E-state index in [1.54, 1.807) is 24.5 Å². The fourth-order valence-corrected chi connectivity index (χ4v) is 8.55. The normalized spacial score (nSPS) is 24.7. The number of amides is 2. The number of hydrogen-bond donors (Lipinski definition) is 3. The Balaban J connectivity index is 1.13. The van der Waals surface area contributed by atoms with Gasteiger partial charge in [-0.15, -0.1) is 0 Å². The van der Waals surface area contributed by atoms with Crippen LogP contribution in [0.4, 0.5) is 0 Å². The Kier molecular flexibility index (Phi) is 11.9. The Morgan fingerprint density at radius 3 is 2.37 bits per heavy atom. The molecule has 1 aromatic heterocycles. The van der Waals surface area contributed by atoms with Crippen LogP contribution in [0.3, 0.4) is 0 Å². The van der Waals surface area contributed by atoms with Gasteiger partial charge < -0.3 is 25.2 Å². The van der Waals surface area contributed by atoms with E-state index in [1.165, 1.54) is 19.3 Å². The number of fused-ring (bicyclic) bond motifs is 1. The summed E-state index contributed by atoms with van der Waals surface area (Å²) in [7, 11) is 0. The highest BCUT2D eigenvalue weighted by Gasteiger charge is 2.44. The zero-order chi connectivity index (χ0) is 37.7. The molecule has 2 amide bonds. The van der Waals surface area contributed by atoms with Crippen molar-refractivity contribution >= 4 is 11.8 Å². The first-order valence-electron chi connectivity index (χ1n) is 19.6. The fourth-order valence-electron chi connectivity index (χ4n) is 8.55. The molecule has 9 heteroatoms. The van der Waals surface area contributed by atoms with Crippen molar-refractivity contribution < 1.29 is 24.2 Å². The number of benzene rings is 3. The first-order valence-corrected chi connectivity index (χ1v) is 19.6. The molecule has 3 heterocycles. The zero-order valence-corrected chi connectivity index (χ0v) is 31.7. The number of aliphatic hydroxyl groups is 1. The van der Waals surface area contributed by atoms with E-state index in [0.717, 1.165) is 52.6 Å². The summed E-state index contributed by atoms with van der Waals surface area (Å²) in [5.41, 5.74) is 6.10. The Hall–Kier alpha value is -4.41. The molecule has 0 bridgehead atoms. The zero-order valence-electron chi connectivity index (χ0n) is 31.7. The quantitative estimate of drug-likeness (QED) is 0.154. The van der Waals surface area contributed by atoms with E-state index in [4.69, 9.17) is 9.47 Å². The molecule has 0 spiro atoms. The molecule has 2 saturated heterocycles. The van der Waals surface area contributed by atoms with Crippen LogP contribution >= 0.6 is 0 Å². The molecule has 3 aromatic carbocycles. The van der Waals surface area contributed by atoms with Crippen molar-refractivity contribution in [3.63, 3.8) is 0 Å². The Bertz CT molecular complexity index is 1860. The van der Waals surface area contributed by atoms with Crippen LogP contribution in [0.5, 0.6) is 0 Å². The maximum atomic E-state index is 13.8. The maximum absolute atomic E-state index is 13.8.